The summed E-state index contributed by atoms with van der Waals surface area (Å²) in [6, 6.07) is 0. The van der Waals surface area contributed by atoms with E-state index in [4.69, 9.17) is 0 Å². The summed E-state index contributed by atoms with van der Waals surface area (Å²) in [6.07, 6.45) is 7.74. The van der Waals surface area contributed by atoms with E-state index < -0.39 is 0 Å². The molecule has 2 heteroatoms. The highest BCUT2D eigenvalue weighted by molar-refractivity contribution is 5.16. The second-order valence-corrected chi connectivity index (χ2v) is 7.92. The molecule has 19 heavy (non-hydrogen) atoms. The molecule has 8 atom stereocenters. The maximum atomic E-state index is 9.96. The van der Waals surface area contributed by atoms with Gasteiger partial charge in [0.15, 0.2) is 0 Å². The molecule has 4 aliphatic carbocycles. The van der Waals surface area contributed by atoms with Gasteiger partial charge in [-0.15, -0.1) is 0 Å². The molecule has 4 rings (SSSR count). The lowest BCUT2D eigenvalue weighted by atomic mass is 9.60. The number of fused-ring (bicyclic) bond motifs is 9. The van der Waals surface area contributed by atoms with Crippen molar-refractivity contribution in [2.24, 2.45) is 46.8 Å². The first kappa shape index (κ1) is 12.6. The van der Waals surface area contributed by atoms with Gasteiger partial charge in [-0.25, -0.2) is 0 Å². The van der Waals surface area contributed by atoms with Crippen LogP contribution in [-0.4, -0.2) is 23.4 Å². The van der Waals surface area contributed by atoms with E-state index in [1.54, 1.807) is 0 Å². The van der Waals surface area contributed by atoms with E-state index in [1.807, 2.05) is 0 Å². The number of aliphatic hydroxyl groups excluding tert-OH is 2. The predicted molar refractivity (Wildman–Crippen MR) is 74.4 cm³/mol. The molecule has 0 spiro atoms. The Bertz CT molecular complexity index is 362. The predicted octanol–water partition coefficient (Wildman–Crippen LogP) is 2.69. The zero-order chi connectivity index (χ0) is 13.2. The van der Waals surface area contributed by atoms with Crippen molar-refractivity contribution in [1.82, 2.24) is 0 Å². The highest BCUT2D eigenvalue weighted by atomic mass is 16.3. The summed E-state index contributed by atoms with van der Waals surface area (Å²) in [4.78, 5) is 0. The van der Waals surface area contributed by atoms with Crippen molar-refractivity contribution in [3.8, 4) is 0 Å². The van der Waals surface area contributed by atoms with E-state index in [9.17, 15) is 10.2 Å². The van der Waals surface area contributed by atoms with E-state index in [0.29, 0.717) is 13.2 Å². The van der Waals surface area contributed by atoms with Crippen molar-refractivity contribution in [1.29, 1.82) is 0 Å². The maximum Gasteiger partial charge on any atom is 0.0490 e. The van der Waals surface area contributed by atoms with Gasteiger partial charge in [0.05, 0.1) is 0 Å². The molecule has 4 aliphatic rings. The quantitative estimate of drug-likeness (QED) is 0.766. The average Bonchev–Trinajstić information content (AvgIpc) is 3.15. The topological polar surface area (TPSA) is 40.5 Å². The smallest absolute Gasteiger partial charge is 0.0490 e. The minimum Gasteiger partial charge on any atom is -0.396 e. The fourth-order valence-electron chi connectivity index (χ4n) is 7.36. The van der Waals surface area contributed by atoms with Crippen molar-refractivity contribution in [3.05, 3.63) is 0 Å². The molecule has 2 N–H and O–H groups in total. The van der Waals surface area contributed by atoms with Crippen LogP contribution in [0.15, 0.2) is 0 Å². The number of hydrogen-bond donors (Lipinski definition) is 2. The highest BCUT2D eigenvalue weighted by Crippen LogP contribution is 2.74. The minimum absolute atomic E-state index is 0.264. The lowest BCUT2D eigenvalue weighted by Crippen LogP contribution is -2.41. The Hall–Kier alpha value is -0.0800. The zero-order valence-corrected chi connectivity index (χ0v) is 12.1. The summed E-state index contributed by atoms with van der Waals surface area (Å²) in [5.41, 5.74) is 0.264. The standard InChI is InChI=1S/C17H28O2/c1-2-17(9-19)8-10-7-14(17)16-13-4-3-12(15(10)16)11(13)5-6-18/h10-16,18-19H,2-9H2,1H3. The summed E-state index contributed by atoms with van der Waals surface area (Å²) in [5.74, 6) is 6.19. The summed E-state index contributed by atoms with van der Waals surface area (Å²) in [6.45, 7) is 3.08. The van der Waals surface area contributed by atoms with Crippen LogP contribution >= 0.6 is 0 Å². The molecule has 4 fully saturated rings. The van der Waals surface area contributed by atoms with Crippen molar-refractivity contribution >= 4 is 0 Å². The lowest BCUT2D eigenvalue weighted by Gasteiger charge is -2.45. The van der Waals surface area contributed by atoms with Crippen LogP contribution in [0.25, 0.3) is 0 Å². The number of aliphatic hydroxyl groups is 2. The SMILES string of the molecule is CCC1(CO)CC2CC1C1C3CCC(C3CCO)C21. The minimum atomic E-state index is 0.264. The maximum absolute atomic E-state index is 9.96. The van der Waals surface area contributed by atoms with E-state index >= 15 is 0 Å². The Kier molecular flexibility index (Phi) is 2.80. The third-order valence-corrected chi connectivity index (χ3v) is 7.87. The first-order valence-corrected chi connectivity index (χ1v) is 8.47. The summed E-state index contributed by atoms with van der Waals surface area (Å²) < 4.78 is 0. The van der Waals surface area contributed by atoms with Gasteiger partial charge in [-0.1, -0.05) is 6.92 Å². The second kappa shape index (κ2) is 4.21. The molecule has 0 radical (unpaired) electrons. The van der Waals surface area contributed by atoms with Crippen LogP contribution in [0.4, 0.5) is 0 Å². The molecule has 0 aromatic carbocycles. The molecule has 0 heterocycles. The Balaban J connectivity index is 1.65. The third kappa shape index (κ3) is 1.40. The summed E-state index contributed by atoms with van der Waals surface area (Å²) in [5, 5.41) is 19.3. The Morgan fingerprint density at radius 2 is 1.84 bits per heavy atom. The van der Waals surface area contributed by atoms with Crippen LogP contribution in [0, 0.1) is 46.8 Å². The fraction of sp³-hybridized carbons (Fsp3) is 1.00. The van der Waals surface area contributed by atoms with Crippen molar-refractivity contribution in [2.75, 3.05) is 13.2 Å². The number of hydrogen-bond acceptors (Lipinski definition) is 2. The van der Waals surface area contributed by atoms with Gasteiger partial charge in [-0.2, -0.15) is 0 Å². The van der Waals surface area contributed by atoms with Crippen molar-refractivity contribution < 1.29 is 10.2 Å². The molecular weight excluding hydrogens is 236 g/mol. The van der Waals surface area contributed by atoms with Gasteiger partial charge in [-0.3, -0.25) is 0 Å². The molecule has 2 nitrogen and oxygen atoms in total. The Labute approximate surface area is 116 Å². The average molecular weight is 264 g/mol. The fourth-order valence-corrected chi connectivity index (χ4v) is 7.36. The number of rotatable bonds is 4. The van der Waals surface area contributed by atoms with Crippen molar-refractivity contribution in [3.63, 3.8) is 0 Å². The lowest BCUT2D eigenvalue weighted by molar-refractivity contribution is -0.0104. The molecule has 0 aliphatic heterocycles. The van der Waals surface area contributed by atoms with Gasteiger partial charge < -0.3 is 10.2 Å². The largest absolute Gasteiger partial charge is 0.396 e. The molecule has 0 saturated heterocycles. The monoisotopic (exact) mass is 264 g/mol. The first-order chi connectivity index (χ1) is 9.25. The second-order valence-electron chi connectivity index (χ2n) is 7.92. The van der Waals surface area contributed by atoms with E-state index in [2.05, 4.69) is 6.92 Å². The third-order valence-electron chi connectivity index (χ3n) is 7.87. The molecule has 0 aromatic heterocycles. The van der Waals surface area contributed by atoms with Crippen LogP contribution in [-0.2, 0) is 0 Å². The molecular formula is C17H28O2. The Morgan fingerprint density at radius 1 is 1.11 bits per heavy atom. The first-order valence-electron chi connectivity index (χ1n) is 8.47. The van der Waals surface area contributed by atoms with Gasteiger partial charge in [-0.05, 0) is 85.4 Å². The summed E-state index contributed by atoms with van der Waals surface area (Å²) in [7, 11) is 0. The van der Waals surface area contributed by atoms with Gasteiger partial charge in [0.25, 0.3) is 0 Å². The molecule has 4 saturated carbocycles. The van der Waals surface area contributed by atoms with E-state index in [-0.39, 0.29) is 5.41 Å². The van der Waals surface area contributed by atoms with Crippen LogP contribution in [0.1, 0.15) is 45.4 Å². The van der Waals surface area contributed by atoms with E-state index in [1.165, 1.54) is 25.7 Å². The van der Waals surface area contributed by atoms with Crippen LogP contribution in [0.5, 0.6) is 0 Å². The van der Waals surface area contributed by atoms with E-state index in [0.717, 1.165) is 54.3 Å². The van der Waals surface area contributed by atoms with Crippen LogP contribution in [0.2, 0.25) is 0 Å². The molecule has 108 valence electrons. The zero-order valence-electron chi connectivity index (χ0n) is 12.1. The van der Waals surface area contributed by atoms with Gasteiger partial charge in [0, 0.05) is 13.2 Å². The highest BCUT2D eigenvalue weighted by Gasteiger charge is 2.68. The molecule has 4 bridgehead atoms. The molecule has 0 amide bonds. The van der Waals surface area contributed by atoms with Gasteiger partial charge >= 0.3 is 0 Å². The normalized spacial score (nSPS) is 57.9. The van der Waals surface area contributed by atoms with Gasteiger partial charge in [0.1, 0.15) is 0 Å². The van der Waals surface area contributed by atoms with Crippen LogP contribution < -0.4 is 0 Å². The van der Waals surface area contributed by atoms with Crippen LogP contribution in [0.3, 0.4) is 0 Å². The van der Waals surface area contributed by atoms with Crippen molar-refractivity contribution in [2.45, 2.75) is 45.4 Å². The summed E-state index contributed by atoms with van der Waals surface area (Å²) >= 11 is 0. The Morgan fingerprint density at radius 3 is 2.47 bits per heavy atom. The van der Waals surface area contributed by atoms with Gasteiger partial charge in [0.2, 0.25) is 0 Å². The molecule has 8 unspecified atom stereocenters. The molecule has 0 aromatic rings.